The molecule has 4 rings (SSSR count). The lowest BCUT2D eigenvalue weighted by Gasteiger charge is -2.53. The molecule has 102 valence electrons. The second-order valence-electron chi connectivity index (χ2n) is 6.33. The highest BCUT2D eigenvalue weighted by Crippen LogP contribution is 2.55. The summed E-state index contributed by atoms with van der Waals surface area (Å²) < 4.78 is 5.18. The molecule has 1 amide bonds. The van der Waals surface area contributed by atoms with E-state index in [1.54, 1.807) is 6.08 Å². The van der Waals surface area contributed by atoms with Crippen molar-refractivity contribution in [2.24, 2.45) is 11.8 Å². The van der Waals surface area contributed by atoms with Crippen molar-refractivity contribution in [2.45, 2.75) is 44.1 Å². The van der Waals surface area contributed by atoms with Gasteiger partial charge in [0.05, 0.1) is 12.1 Å². The summed E-state index contributed by atoms with van der Waals surface area (Å²) in [4.78, 5) is 26.1. The molecule has 1 spiro atoms. The van der Waals surface area contributed by atoms with E-state index in [1.165, 1.54) is 18.4 Å². The van der Waals surface area contributed by atoms with Crippen LogP contribution in [0.15, 0.2) is 11.6 Å². The Morgan fingerprint density at radius 3 is 3.05 bits per heavy atom. The fourth-order valence-corrected chi connectivity index (χ4v) is 4.82. The molecule has 4 heteroatoms. The van der Waals surface area contributed by atoms with E-state index in [2.05, 4.69) is 4.90 Å². The molecular formula is C15H19NO3. The highest BCUT2D eigenvalue weighted by Gasteiger charge is 2.59. The molecule has 0 unspecified atom stereocenters. The Labute approximate surface area is 112 Å². The number of hydrogen-bond donors (Lipinski definition) is 0. The standard InChI is InChI=1S/C15H19NO3/c17-13-7-11-3-1-2-5-15(11)12-8-14(18)19-9-10(12)4-6-16(13)15/h8,10-11H,1-7,9H2/t10-,11+,15+/m1/s1. The number of rotatable bonds is 0. The van der Waals surface area contributed by atoms with Crippen LogP contribution in [0, 0.1) is 11.8 Å². The highest BCUT2D eigenvalue weighted by atomic mass is 16.5. The zero-order valence-electron chi connectivity index (χ0n) is 11.1. The van der Waals surface area contributed by atoms with Crippen LogP contribution in [0.5, 0.6) is 0 Å². The zero-order valence-corrected chi connectivity index (χ0v) is 11.1. The Bertz CT molecular complexity index is 484. The Morgan fingerprint density at radius 1 is 1.26 bits per heavy atom. The van der Waals surface area contributed by atoms with Gasteiger partial charge in [-0.15, -0.1) is 0 Å². The van der Waals surface area contributed by atoms with E-state index in [-0.39, 0.29) is 11.5 Å². The van der Waals surface area contributed by atoms with Crippen molar-refractivity contribution < 1.29 is 14.3 Å². The van der Waals surface area contributed by atoms with Crippen molar-refractivity contribution in [3.63, 3.8) is 0 Å². The lowest BCUT2D eigenvalue weighted by atomic mass is 9.63. The van der Waals surface area contributed by atoms with Gasteiger partial charge in [-0.25, -0.2) is 4.79 Å². The van der Waals surface area contributed by atoms with E-state index < -0.39 is 0 Å². The summed E-state index contributed by atoms with van der Waals surface area (Å²) in [6, 6.07) is 0. The van der Waals surface area contributed by atoms with Crippen molar-refractivity contribution in [1.82, 2.24) is 4.90 Å². The first-order valence-corrected chi connectivity index (χ1v) is 7.41. The quantitative estimate of drug-likeness (QED) is 0.623. The number of hydrogen-bond acceptors (Lipinski definition) is 3. The molecule has 0 aromatic heterocycles. The van der Waals surface area contributed by atoms with E-state index in [9.17, 15) is 9.59 Å². The molecule has 4 aliphatic rings. The first-order chi connectivity index (χ1) is 9.22. The van der Waals surface area contributed by atoms with Crippen LogP contribution < -0.4 is 0 Å². The zero-order chi connectivity index (χ0) is 13.0. The summed E-state index contributed by atoms with van der Waals surface area (Å²) in [6.45, 7) is 1.36. The third-order valence-corrected chi connectivity index (χ3v) is 5.58. The number of fused-ring (bicyclic) bond motifs is 1. The normalized spacial score (nSPS) is 41.1. The van der Waals surface area contributed by atoms with Crippen LogP contribution in [0.4, 0.5) is 0 Å². The Balaban J connectivity index is 1.85. The highest BCUT2D eigenvalue weighted by molar-refractivity contribution is 5.87. The van der Waals surface area contributed by atoms with Crippen molar-refractivity contribution in [2.75, 3.05) is 13.2 Å². The monoisotopic (exact) mass is 261 g/mol. The molecule has 4 nitrogen and oxygen atoms in total. The van der Waals surface area contributed by atoms with Crippen molar-refractivity contribution >= 4 is 11.9 Å². The van der Waals surface area contributed by atoms with Gasteiger partial charge in [-0.2, -0.15) is 0 Å². The second kappa shape index (κ2) is 3.84. The third kappa shape index (κ3) is 1.40. The van der Waals surface area contributed by atoms with Gasteiger partial charge in [0.2, 0.25) is 5.91 Å². The predicted molar refractivity (Wildman–Crippen MR) is 68.2 cm³/mol. The minimum Gasteiger partial charge on any atom is -0.462 e. The number of piperidine rings is 1. The van der Waals surface area contributed by atoms with Gasteiger partial charge in [0.25, 0.3) is 0 Å². The Hall–Kier alpha value is -1.32. The summed E-state index contributed by atoms with van der Waals surface area (Å²) in [6.07, 6.45) is 7.88. The molecule has 3 atom stereocenters. The second-order valence-corrected chi connectivity index (χ2v) is 6.33. The number of ether oxygens (including phenoxy) is 1. The largest absolute Gasteiger partial charge is 0.462 e. The minimum atomic E-state index is -0.217. The minimum absolute atomic E-state index is 0.127. The van der Waals surface area contributed by atoms with Gasteiger partial charge in [0, 0.05) is 25.0 Å². The summed E-state index contributed by atoms with van der Waals surface area (Å²) in [7, 11) is 0. The van der Waals surface area contributed by atoms with Crippen LogP contribution in [0.3, 0.4) is 0 Å². The molecule has 1 saturated carbocycles. The number of carbonyl (C=O) groups is 2. The number of carbonyl (C=O) groups excluding carboxylic acids is 2. The van der Waals surface area contributed by atoms with Crippen LogP contribution in [0.1, 0.15) is 38.5 Å². The van der Waals surface area contributed by atoms with E-state index in [1.807, 2.05) is 0 Å². The first-order valence-electron chi connectivity index (χ1n) is 7.41. The number of amides is 1. The third-order valence-electron chi connectivity index (χ3n) is 5.58. The van der Waals surface area contributed by atoms with Crippen molar-refractivity contribution in [1.29, 1.82) is 0 Å². The van der Waals surface area contributed by atoms with Gasteiger partial charge in [-0.1, -0.05) is 12.8 Å². The van der Waals surface area contributed by atoms with Gasteiger partial charge in [0.15, 0.2) is 0 Å². The number of esters is 1. The van der Waals surface area contributed by atoms with Gasteiger partial charge in [0.1, 0.15) is 0 Å². The molecule has 3 fully saturated rings. The van der Waals surface area contributed by atoms with Crippen LogP contribution in [-0.2, 0) is 14.3 Å². The first kappa shape index (κ1) is 11.5. The molecule has 0 N–H and O–H groups in total. The molecule has 2 saturated heterocycles. The van der Waals surface area contributed by atoms with Gasteiger partial charge >= 0.3 is 5.97 Å². The van der Waals surface area contributed by atoms with E-state index in [0.29, 0.717) is 30.8 Å². The SMILES string of the molecule is O=C1C=C2[C@H](CCN3C(=O)C[C@@H]4CCCC[C@@]243)CO1. The molecule has 0 bridgehead atoms. The number of cyclic esters (lactones) is 1. The fourth-order valence-electron chi connectivity index (χ4n) is 4.82. The summed E-state index contributed by atoms with van der Waals surface area (Å²) in [5, 5.41) is 0. The molecule has 19 heavy (non-hydrogen) atoms. The average molecular weight is 261 g/mol. The van der Waals surface area contributed by atoms with Crippen LogP contribution in [0.25, 0.3) is 0 Å². The molecule has 0 aromatic rings. The molecule has 1 aliphatic carbocycles. The van der Waals surface area contributed by atoms with E-state index >= 15 is 0 Å². The maximum Gasteiger partial charge on any atom is 0.330 e. The van der Waals surface area contributed by atoms with Crippen molar-refractivity contribution in [3.8, 4) is 0 Å². The van der Waals surface area contributed by atoms with Gasteiger partial charge in [-0.3, -0.25) is 4.79 Å². The van der Waals surface area contributed by atoms with Crippen LogP contribution >= 0.6 is 0 Å². The number of nitrogens with zero attached hydrogens (tertiary/aromatic N) is 1. The van der Waals surface area contributed by atoms with E-state index in [4.69, 9.17) is 4.74 Å². The molecule has 0 aromatic carbocycles. The van der Waals surface area contributed by atoms with Gasteiger partial charge in [-0.05, 0) is 30.8 Å². The summed E-state index contributed by atoms with van der Waals surface area (Å²) in [5.41, 5.74) is 1.09. The van der Waals surface area contributed by atoms with Crippen molar-refractivity contribution in [3.05, 3.63) is 11.6 Å². The summed E-state index contributed by atoms with van der Waals surface area (Å²) in [5.74, 6) is 0.852. The lowest BCUT2D eigenvalue weighted by Crippen LogP contribution is -2.58. The van der Waals surface area contributed by atoms with E-state index in [0.717, 1.165) is 25.8 Å². The fraction of sp³-hybridized carbons (Fsp3) is 0.733. The van der Waals surface area contributed by atoms with Gasteiger partial charge < -0.3 is 9.64 Å². The predicted octanol–water partition coefficient (Wildman–Crippen LogP) is 1.65. The average Bonchev–Trinajstić information content (AvgIpc) is 2.72. The Morgan fingerprint density at radius 2 is 2.16 bits per heavy atom. The maximum atomic E-state index is 12.3. The molecule has 3 heterocycles. The molecule has 3 aliphatic heterocycles. The molecule has 0 radical (unpaired) electrons. The smallest absolute Gasteiger partial charge is 0.330 e. The topological polar surface area (TPSA) is 46.6 Å². The van der Waals surface area contributed by atoms with Crippen LogP contribution in [-0.4, -0.2) is 35.5 Å². The summed E-state index contributed by atoms with van der Waals surface area (Å²) >= 11 is 0. The molecular weight excluding hydrogens is 242 g/mol. The Kier molecular flexibility index (Phi) is 2.32. The van der Waals surface area contributed by atoms with Crippen LogP contribution in [0.2, 0.25) is 0 Å². The maximum absolute atomic E-state index is 12.3. The lowest BCUT2D eigenvalue weighted by molar-refractivity contribution is -0.143.